The first-order valence-corrected chi connectivity index (χ1v) is 2.41. The SMILES string of the molecule is CCBCC.[HH]. The third-order valence-electron chi connectivity index (χ3n) is 0.707. The maximum Gasteiger partial charge on any atom is 0.120 e. The second-order valence-corrected chi connectivity index (χ2v) is 1.35. The van der Waals surface area contributed by atoms with E-state index < -0.39 is 0 Å². The lowest BCUT2D eigenvalue weighted by Gasteiger charge is -1.75. The van der Waals surface area contributed by atoms with E-state index in [4.69, 9.17) is 0 Å². The van der Waals surface area contributed by atoms with E-state index in [0.717, 1.165) is 0 Å². The summed E-state index contributed by atoms with van der Waals surface area (Å²) in [5.41, 5.74) is 0. The fraction of sp³-hybridized carbons (Fsp3) is 1.00. The molecule has 0 aliphatic heterocycles. The van der Waals surface area contributed by atoms with Crippen LogP contribution in [0.15, 0.2) is 0 Å². The number of hydrogen-bond acceptors (Lipinski definition) is 0. The van der Waals surface area contributed by atoms with Crippen molar-refractivity contribution in [2.24, 2.45) is 0 Å². The van der Waals surface area contributed by atoms with Gasteiger partial charge in [0.1, 0.15) is 7.28 Å². The summed E-state index contributed by atoms with van der Waals surface area (Å²) in [5, 5.41) is 0. The van der Waals surface area contributed by atoms with Crippen LogP contribution in [0.2, 0.25) is 12.6 Å². The van der Waals surface area contributed by atoms with Gasteiger partial charge in [0, 0.05) is 1.43 Å². The van der Waals surface area contributed by atoms with E-state index in [0.29, 0.717) is 0 Å². The van der Waals surface area contributed by atoms with Crippen LogP contribution in [0.25, 0.3) is 0 Å². The van der Waals surface area contributed by atoms with Crippen LogP contribution in [0.4, 0.5) is 0 Å². The normalized spacial score (nSPS) is 7.60. The molecule has 0 aromatic heterocycles. The third-order valence-corrected chi connectivity index (χ3v) is 0.707. The van der Waals surface area contributed by atoms with Gasteiger partial charge in [0.25, 0.3) is 0 Å². The summed E-state index contributed by atoms with van der Waals surface area (Å²) in [6.07, 6.45) is 2.69. The molecule has 0 aromatic carbocycles. The van der Waals surface area contributed by atoms with Crippen LogP contribution in [0.1, 0.15) is 15.3 Å². The van der Waals surface area contributed by atoms with Crippen molar-refractivity contribution in [3.63, 3.8) is 0 Å². The molecular formula is C4H13B. The van der Waals surface area contributed by atoms with Gasteiger partial charge in [-0.05, 0) is 0 Å². The minimum atomic E-state index is 0. The molecule has 0 amide bonds. The highest BCUT2D eigenvalue weighted by Gasteiger charge is 1.73. The second-order valence-electron chi connectivity index (χ2n) is 1.35. The molecular weight excluding hydrogens is 58.9 g/mol. The molecule has 0 saturated heterocycles. The topological polar surface area (TPSA) is 0 Å². The highest BCUT2D eigenvalue weighted by molar-refractivity contribution is 6.34. The van der Waals surface area contributed by atoms with Crippen molar-refractivity contribution in [1.29, 1.82) is 0 Å². The van der Waals surface area contributed by atoms with Gasteiger partial charge >= 0.3 is 0 Å². The average Bonchev–Trinajstić information content (AvgIpc) is 1.41. The largest absolute Gasteiger partial charge is 0.120 e. The molecule has 5 heavy (non-hydrogen) atoms. The molecule has 0 rings (SSSR count). The Morgan fingerprint density at radius 1 is 1.40 bits per heavy atom. The molecule has 0 aliphatic carbocycles. The van der Waals surface area contributed by atoms with Gasteiger partial charge in [0.2, 0.25) is 0 Å². The first-order valence-electron chi connectivity index (χ1n) is 2.41. The van der Waals surface area contributed by atoms with Crippen molar-refractivity contribution in [3.05, 3.63) is 0 Å². The van der Waals surface area contributed by atoms with Crippen molar-refractivity contribution < 1.29 is 1.43 Å². The van der Waals surface area contributed by atoms with Crippen LogP contribution < -0.4 is 0 Å². The highest BCUT2D eigenvalue weighted by Crippen LogP contribution is 1.77. The van der Waals surface area contributed by atoms with Crippen molar-refractivity contribution >= 4 is 7.28 Å². The van der Waals surface area contributed by atoms with Crippen LogP contribution in [-0.2, 0) is 0 Å². The molecule has 0 unspecified atom stereocenters. The predicted octanol–water partition coefficient (Wildman–Crippen LogP) is 1.55. The van der Waals surface area contributed by atoms with Gasteiger partial charge < -0.3 is 0 Å². The fourth-order valence-electron chi connectivity index (χ4n) is 0.354. The van der Waals surface area contributed by atoms with Gasteiger partial charge in [-0.25, -0.2) is 0 Å². The molecule has 0 saturated carbocycles. The Kier molecular flexibility index (Phi) is 4.12. The average molecular weight is 72.0 g/mol. The summed E-state index contributed by atoms with van der Waals surface area (Å²) in [6, 6.07) is 0. The van der Waals surface area contributed by atoms with Crippen LogP contribution in [0, 0.1) is 0 Å². The molecule has 0 N–H and O–H groups in total. The molecule has 0 fully saturated rings. The van der Waals surface area contributed by atoms with Crippen molar-refractivity contribution in [3.8, 4) is 0 Å². The van der Waals surface area contributed by atoms with Crippen LogP contribution in [0.5, 0.6) is 0 Å². The standard InChI is InChI=1S/C4H11B.H2/c1-3-5-4-2;/h5H,3-4H2,1-2H3;1H. The number of rotatable bonds is 2. The maximum atomic E-state index is 2.21. The van der Waals surface area contributed by atoms with E-state index in [2.05, 4.69) is 13.8 Å². The Morgan fingerprint density at radius 2 is 1.80 bits per heavy atom. The Hall–Kier alpha value is 0.0649. The fourth-order valence-corrected chi connectivity index (χ4v) is 0.354. The summed E-state index contributed by atoms with van der Waals surface area (Å²) in [6.45, 7) is 4.42. The van der Waals surface area contributed by atoms with E-state index >= 15 is 0 Å². The van der Waals surface area contributed by atoms with Gasteiger partial charge in [0.15, 0.2) is 0 Å². The number of hydrogen-bond donors (Lipinski definition) is 0. The molecule has 1 heteroatoms. The summed E-state index contributed by atoms with van der Waals surface area (Å²) < 4.78 is 0. The van der Waals surface area contributed by atoms with E-state index in [1.54, 1.807) is 0 Å². The minimum absolute atomic E-state index is 0. The van der Waals surface area contributed by atoms with Gasteiger partial charge in [0.05, 0.1) is 0 Å². The summed E-state index contributed by atoms with van der Waals surface area (Å²) >= 11 is 0. The zero-order valence-electron chi connectivity index (χ0n) is 4.12. The molecule has 0 heterocycles. The van der Waals surface area contributed by atoms with E-state index in [-0.39, 0.29) is 1.43 Å². The molecule has 0 radical (unpaired) electrons. The highest BCUT2D eigenvalue weighted by atomic mass is 13.5. The van der Waals surface area contributed by atoms with E-state index in [9.17, 15) is 0 Å². The molecule has 0 aromatic rings. The lowest BCUT2D eigenvalue weighted by molar-refractivity contribution is 1.36. The van der Waals surface area contributed by atoms with Gasteiger partial charge in [-0.3, -0.25) is 0 Å². The summed E-state index contributed by atoms with van der Waals surface area (Å²) in [5.74, 6) is 0. The molecule has 0 aliphatic rings. The zero-order chi connectivity index (χ0) is 4.12. The van der Waals surface area contributed by atoms with Crippen LogP contribution in [0.3, 0.4) is 0 Å². The molecule has 0 bridgehead atoms. The quantitative estimate of drug-likeness (QED) is 0.434. The Labute approximate surface area is 36.3 Å². The monoisotopic (exact) mass is 72.1 g/mol. The Balaban J connectivity index is 0. The molecule has 0 nitrogen and oxygen atoms in total. The van der Waals surface area contributed by atoms with Crippen LogP contribution >= 0.6 is 0 Å². The van der Waals surface area contributed by atoms with Gasteiger partial charge in [-0.15, -0.1) is 0 Å². The third kappa shape index (κ3) is 4.06. The molecule has 32 valence electrons. The lowest BCUT2D eigenvalue weighted by Crippen LogP contribution is -1.76. The van der Waals surface area contributed by atoms with E-state index in [1.807, 2.05) is 0 Å². The second kappa shape index (κ2) is 4.06. The minimum Gasteiger partial charge on any atom is -0.0803 e. The van der Waals surface area contributed by atoms with E-state index in [1.165, 1.54) is 19.9 Å². The zero-order valence-corrected chi connectivity index (χ0v) is 4.12. The first-order chi connectivity index (χ1) is 2.41. The predicted molar refractivity (Wildman–Crippen MR) is 30.2 cm³/mol. The Bertz CT molecular complexity index is 15.0. The van der Waals surface area contributed by atoms with Crippen molar-refractivity contribution in [2.45, 2.75) is 26.5 Å². The molecule has 0 atom stereocenters. The van der Waals surface area contributed by atoms with Gasteiger partial charge in [-0.1, -0.05) is 26.5 Å². The summed E-state index contributed by atoms with van der Waals surface area (Å²) in [4.78, 5) is 0. The molecule has 0 spiro atoms. The van der Waals surface area contributed by atoms with Crippen LogP contribution in [-0.4, -0.2) is 7.28 Å². The lowest BCUT2D eigenvalue weighted by atomic mass is 9.73. The first kappa shape index (κ1) is 5.06. The van der Waals surface area contributed by atoms with Crippen molar-refractivity contribution in [2.75, 3.05) is 0 Å². The maximum absolute atomic E-state index is 2.21. The van der Waals surface area contributed by atoms with Crippen molar-refractivity contribution in [1.82, 2.24) is 0 Å². The Morgan fingerprint density at radius 3 is 1.80 bits per heavy atom. The van der Waals surface area contributed by atoms with Gasteiger partial charge in [-0.2, -0.15) is 0 Å². The summed E-state index contributed by atoms with van der Waals surface area (Å²) in [7, 11) is 1.39. The smallest absolute Gasteiger partial charge is 0.0803 e.